The third kappa shape index (κ3) is 3.36. The molecule has 1 aromatic carbocycles. The Balaban J connectivity index is 2.21. The van der Waals surface area contributed by atoms with Crippen molar-refractivity contribution in [1.82, 2.24) is 4.31 Å². The molecule has 6 nitrogen and oxygen atoms in total. The number of nitrogens with zero attached hydrogens (tertiary/aromatic N) is 2. The molecule has 1 unspecified atom stereocenters. The van der Waals surface area contributed by atoms with Crippen molar-refractivity contribution in [2.45, 2.75) is 30.2 Å². The molecule has 0 bridgehead atoms. The number of aliphatic carboxylic acids is 1. The van der Waals surface area contributed by atoms with Crippen LogP contribution in [0.3, 0.4) is 0 Å². The summed E-state index contributed by atoms with van der Waals surface area (Å²) in [4.78, 5) is 13.2. The SMILES string of the molecule is CN(C)S(=O)(=O)c1ccc(N2CCCC2CC(=O)O)cc1. The van der Waals surface area contributed by atoms with Crippen molar-refractivity contribution < 1.29 is 18.3 Å². The summed E-state index contributed by atoms with van der Waals surface area (Å²) in [5.74, 6) is -0.807. The number of carbonyl (C=O) groups is 1. The van der Waals surface area contributed by atoms with Crippen LogP contribution in [0.2, 0.25) is 0 Å². The maximum Gasteiger partial charge on any atom is 0.305 e. The van der Waals surface area contributed by atoms with Gasteiger partial charge >= 0.3 is 5.97 Å². The van der Waals surface area contributed by atoms with E-state index < -0.39 is 16.0 Å². The molecule has 0 saturated carbocycles. The number of sulfonamides is 1. The van der Waals surface area contributed by atoms with E-state index in [1.54, 1.807) is 24.3 Å². The molecule has 1 aromatic rings. The van der Waals surface area contributed by atoms with Crippen molar-refractivity contribution in [3.05, 3.63) is 24.3 Å². The van der Waals surface area contributed by atoms with Gasteiger partial charge < -0.3 is 10.0 Å². The minimum absolute atomic E-state index is 0.0150. The Hall–Kier alpha value is -1.60. The zero-order valence-corrected chi connectivity index (χ0v) is 13.0. The van der Waals surface area contributed by atoms with Crippen LogP contribution in [0.25, 0.3) is 0 Å². The predicted molar refractivity (Wildman–Crippen MR) is 79.9 cm³/mol. The van der Waals surface area contributed by atoms with E-state index in [1.165, 1.54) is 18.4 Å². The number of anilines is 1. The van der Waals surface area contributed by atoms with Crippen LogP contribution in [0.1, 0.15) is 19.3 Å². The summed E-state index contributed by atoms with van der Waals surface area (Å²) in [5, 5.41) is 8.94. The van der Waals surface area contributed by atoms with Gasteiger partial charge in [-0.1, -0.05) is 0 Å². The zero-order chi connectivity index (χ0) is 15.6. The van der Waals surface area contributed by atoms with Crippen LogP contribution in [0.4, 0.5) is 5.69 Å². The molecule has 0 amide bonds. The average Bonchev–Trinajstić information content (AvgIpc) is 2.86. The van der Waals surface area contributed by atoms with Crippen LogP contribution in [-0.2, 0) is 14.8 Å². The summed E-state index contributed by atoms with van der Waals surface area (Å²) in [6, 6.07) is 6.62. The second kappa shape index (κ2) is 6.03. The molecule has 0 aromatic heterocycles. The lowest BCUT2D eigenvalue weighted by molar-refractivity contribution is -0.137. The Morgan fingerprint density at radius 3 is 2.48 bits per heavy atom. The molecule has 1 aliphatic heterocycles. The number of benzene rings is 1. The van der Waals surface area contributed by atoms with Crippen molar-refractivity contribution in [1.29, 1.82) is 0 Å². The van der Waals surface area contributed by atoms with Gasteiger partial charge in [0.1, 0.15) is 0 Å². The van der Waals surface area contributed by atoms with E-state index in [-0.39, 0.29) is 17.4 Å². The summed E-state index contributed by atoms with van der Waals surface area (Å²) in [7, 11) is -0.444. The number of hydrogen-bond acceptors (Lipinski definition) is 4. The Bertz CT molecular complexity index is 610. The third-order valence-corrected chi connectivity index (χ3v) is 5.56. The first-order chi connectivity index (χ1) is 9.82. The van der Waals surface area contributed by atoms with Crippen molar-refractivity contribution in [3.8, 4) is 0 Å². The summed E-state index contributed by atoms with van der Waals surface area (Å²) in [5.41, 5.74) is 0.872. The first-order valence-corrected chi connectivity index (χ1v) is 8.27. The van der Waals surface area contributed by atoms with Gasteiger partial charge in [-0.25, -0.2) is 12.7 Å². The van der Waals surface area contributed by atoms with Crippen molar-refractivity contribution in [2.75, 3.05) is 25.5 Å². The van der Waals surface area contributed by atoms with Gasteiger partial charge in [-0.15, -0.1) is 0 Å². The highest BCUT2D eigenvalue weighted by Crippen LogP contribution is 2.28. The highest BCUT2D eigenvalue weighted by Gasteiger charge is 2.27. The molecule has 2 rings (SSSR count). The van der Waals surface area contributed by atoms with E-state index in [1.807, 2.05) is 4.90 Å². The maximum absolute atomic E-state index is 12.0. The van der Waals surface area contributed by atoms with Crippen molar-refractivity contribution >= 4 is 21.7 Å². The monoisotopic (exact) mass is 312 g/mol. The summed E-state index contributed by atoms with van der Waals surface area (Å²) in [6.45, 7) is 0.803. The van der Waals surface area contributed by atoms with E-state index in [0.717, 1.165) is 25.1 Å². The normalized spacial score (nSPS) is 19.2. The molecule has 0 radical (unpaired) electrons. The van der Waals surface area contributed by atoms with Gasteiger partial charge in [0.05, 0.1) is 11.3 Å². The fourth-order valence-corrected chi connectivity index (χ4v) is 3.51. The minimum atomic E-state index is -3.43. The molecule has 116 valence electrons. The molecule has 1 fully saturated rings. The van der Waals surface area contributed by atoms with Crippen LogP contribution >= 0.6 is 0 Å². The molecule has 1 aliphatic rings. The van der Waals surface area contributed by atoms with Gasteiger partial charge in [-0.2, -0.15) is 0 Å². The van der Waals surface area contributed by atoms with Crippen molar-refractivity contribution in [3.63, 3.8) is 0 Å². The van der Waals surface area contributed by atoms with Crippen LogP contribution in [0, 0.1) is 0 Å². The second-order valence-electron chi connectivity index (χ2n) is 5.37. The van der Waals surface area contributed by atoms with E-state index >= 15 is 0 Å². The van der Waals surface area contributed by atoms with Gasteiger partial charge in [0, 0.05) is 32.4 Å². The summed E-state index contributed by atoms with van der Waals surface area (Å²) in [6.07, 6.45) is 1.91. The molecule has 1 heterocycles. The lowest BCUT2D eigenvalue weighted by atomic mass is 10.1. The number of carboxylic acid groups (broad SMARTS) is 1. The average molecular weight is 312 g/mol. The molecule has 0 aliphatic carbocycles. The molecule has 7 heteroatoms. The molecule has 1 atom stereocenters. The van der Waals surface area contributed by atoms with Crippen LogP contribution in [-0.4, -0.2) is 50.5 Å². The Morgan fingerprint density at radius 1 is 1.33 bits per heavy atom. The van der Waals surface area contributed by atoms with Crippen LogP contribution in [0.15, 0.2) is 29.2 Å². The highest BCUT2D eigenvalue weighted by molar-refractivity contribution is 7.89. The second-order valence-corrected chi connectivity index (χ2v) is 7.52. The van der Waals surface area contributed by atoms with Crippen LogP contribution in [0.5, 0.6) is 0 Å². The molecule has 1 N–H and O–H groups in total. The lowest BCUT2D eigenvalue weighted by Crippen LogP contribution is -2.31. The fourth-order valence-electron chi connectivity index (χ4n) is 2.61. The number of carboxylic acids is 1. The Labute approximate surface area is 125 Å². The van der Waals surface area contributed by atoms with Gasteiger partial charge in [-0.3, -0.25) is 4.79 Å². The molecular weight excluding hydrogens is 292 g/mol. The number of hydrogen-bond donors (Lipinski definition) is 1. The topological polar surface area (TPSA) is 77.9 Å². The van der Waals surface area contributed by atoms with Crippen LogP contribution < -0.4 is 4.90 Å². The minimum Gasteiger partial charge on any atom is -0.481 e. The standard InChI is InChI=1S/C14H20N2O4S/c1-15(2)21(19,20)13-7-5-11(6-8-13)16-9-3-4-12(16)10-14(17)18/h5-8,12H,3-4,9-10H2,1-2H3,(H,17,18). The van der Waals surface area contributed by atoms with Crippen molar-refractivity contribution in [2.24, 2.45) is 0 Å². The smallest absolute Gasteiger partial charge is 0.305 e. The maximum atomic E-state index is 12.0. The molecule has 1 saturated heterocycles. The molecular formula is C14H20N2O4S. The first kappa shape index (κ1) is 15.8. The van der Waals surface area contributed by atoms with Gasteiger partial charge in [0.2, 0.25) is 10.0 Å². The molecule has 0 spiro atoms. The summed E-state index contributed by atoms with van der Waals surface area (Å²) < 4.78 is 25.2. The van der Waals surface area contributed by atoms with E-state index in [2.05, 4.69) is 0 Å². The Morgan fingerprint density at radius 2 is 1.95 bits per heavy atom. The fraction of sp³-hybridized carbons (Fsp3) is 0.500. The van der Waals surface area contributed by atoms with Gasteiger partial charge in [-0.05, 0) is 37.1 Å². The highest BCUT2D eigenvalue weighted by atomic mass is 32.2. The van der Waals surface area contributed by atoms with E-state index in [0.29, 0.717) is 0 Å². The first-order valence-electron chi connectivity index (χ1n) is 6.83. The zero-order valence-electron chi connectivity index (χ0n) is 12.2. The largest absolute Gasteiger partial charge is 0.481 e. The summed E-state index contributed by atoms with van der Waals surface area (Å²) >= 11 is 0. The Kier molecular flexibility index (Phi) is 4.53. The molecule has 21 heavy (non-hydrogen) atoms. The predicted octanol–water partition coefficient (Wildman–Crippen LogP) is 1.38. The van der Waals surface area contributed by atoms with Gasteiger partial charge in [0.15, 0.2) is 0 Å². The van der Waals surface area contributed by atoms with Gasteiger partial charge in [0.25, 0.3) is 0 Å². The number of rotatable bonds is 5. The lowest BCUT2D eigenvalue weighted by Gasteiger charge is -2.26. The van der Waals surface area contributed by atoms with E-state index in [4.69, 9.17) is 5.11 Å². The third-order valence-electron chi connectivity index (χ3n) is 3.73. The quantitative estimate of drug-likeness (QED) is 0.889. The van der Waals surface area contributed by atoms with E-state index in [9.17, 15) is 13.2 Å².